The molecule has 0 saturated carbocycles. The van der Waals surface area contributed by atoms with E-state index in [1.165, 1.54) is 0 Å². The van der Waals surface area contributed by atoms with Crippen molar-refractivity contribution in [1.29, 1.82) is 0 Å². The molecule has 112 valence electrons. The molecule has 0 unspecified atom stereocenters. The van der Waals surface area contributed by atoms with Crippen LogP contribution in [0, 0.1) is 6.92 Å². The molecule has 6 heteroatoms. The Morgan fingerprint density at radius 3 is 2.77 bits per heavy atom. The molecule has 0 aliphatic carbocycles. The maximum absolute atomic E-state index is 4.53. The maximum atomic E-state index is 4.53. The fourth-order valence-corrected chi connectivity index (χ4v) is 2.07. The third-order valence-electron chi connectivity index (χ3n) is 3.24. The Bertz CT molecular complexity index is 709. The number of aromatic amines is 1. The molecule has 2 aromatic heterocycles. The molecular weight excluding hydrogens is 276 g/mol. The summed E-state index contributed by atoms with van der Waals surface area (Å²) in [5.41, 5.74) is 3.08. The van der Waals surface area contributed by atoms with Crippen LogP contribution in [0.1, 0.15) is 11.3 Å². The van der Waals surface area contributed by atoms with Crippen LogP contribution in [-0.2, 0) is 6.42 Å². The van der Waals surface area contributed by atoms with Crippen LogP contribution in [0.25, 0.3) is 0 Å². The van der Waals surface area contributed by atoms with Crippen molar-refractivity contribution in [3.05, 3.63) is 60.3 Å². The number of aromatic nitrogens is 4. The Morgan fingerprint density at radius 1 is 1.14 bits per heavy atom. The van der Waals surface area contributed by atoms with E-state index < -0.39 is 0 Å². The lowest BCUT2D eigenvalue weighted by Gasteiger charge is -2.10. The van der Waals surface area contributed by atoms with Crippen molar-refractivity contribution >= 4 is 17.5 Å². The van der Waals surface area contributed by atoms with Crippen molar-refractivity contribution < 1.29 is 0 Å². The second-order valence-corrected chi connectivity index (χ2v) is 4.97. The summed E-state index contributed by atoms with van der Waals surface area (Å²) in [5.74, 6) is 1.42. The number of para-hydroxylation sites is 1. The molecule has 2 heterocycles. The van der Waals surface area contributed by atoms with E-state index in [2.05, 4.69) is 30.6 Å². The van der Waals surface area contributed by atoms with Crippen LogP contribution >= 0.6 is 0 Å². The number of H-pyrrole nitrogens is 1. The number of nitrogens with one attached hydrogen (secondary N) is 3. The molecule has 6 nitrogen and oxygen atoms in total. The van der Waals surface area contributed by atoms with Crippen molar-refractivity contribution in [2.24, 2.45) is 0 Å². The first-order chi connectivity index (χ1) is 10.8. The Hall–Kier alpha value is -2.89. The SMILES string of the molecule is Cc1cnc(Nc2ccccc2)nc1NCCc1cnc[nH]1. The van der Waals surface area contributed by atoms with Crippen molar-refractivity contribution in [2.45, 2.75) is 13.3 Å². The third kappa shape index (κ3) is 3.60. The van der Waals surface area contributed by atoms with Crippen LogP contribution in [0.15, 0.2) is 49.1 Å². The van der Waals surface area contributed by atoms with E-state index in [-0.39, 0.29) is 0 Å². The molecule has 1 aromatic carbocycles. The van der Waals surface area contributed by atoms with E-state index in [0.29, 0.717) is 5.95 Å². The highest BCUT2D eigenvalue weighted by Crippen LogP contribution is 2.16. The van der Waals surface area contributed by atoms with Gasteiger partial charge in [-0.3, -0.25) is 0 Å². The lowest BCUT2D eigenvalue weighted by molar-refractivity contribution is 0.960. The summed E-state index contributed by atoms with van der Waals surface area (Å²) in [6.07, 6.45) is 6.20. The van der Waals surface area contributed by atoms with Gasteiger partial charge in [-0.05, 0) is 19.1 Å². The number of anilines is 3. The molecule has 0 atom stereocenters. The van der Waals surface area contributed by atoms with E-state index in [0.717, 1.165) is 35.7 Å². The Balaban J connectivity index is 1.64. The van der Waals surface area contributed by atoms with Crippen molar-refractivity contribution in [2.75, 3.05) is 17.2 Å². The zero-order chi connectivity index (χ0) is 15.2. The summed E-state index contributed by atoms with van der Waals surface area (Å²) in [6, 6.07) is 9.88. The highest BCUT2D eigenvalue weighted by molar-refractivity contribution is 5.55. The van der Waals surface area contributed by atoms with Crippen LogP contribution in [0.5, 0.6) is 0 Å². The van der Waals surface area contributed by atoms with Crippen molar-refractivity contribution in [3.8, 4) is 0 Å². The molecule has 0 bridgehead atoms. The van der Waals surface area contributed by atoms with Gasteiger partial charge in [-0.15, -0.1) is 0 Å². The number of hydrogen-bond acceptors (Lipinski definition) is 5. The lowest BCUT2D eigenvalue weighted by atomic mass is 10.3. The number of aryl methyl sites for hydroxylation is 1. The van der Waals surface area contributed by atoms with Gasteiger partial charge in [-0.25, -0.2) is 9.97 Å². The second kappa shape index (κ2) is 6.71. The number of imidazole rings is 1. The molecule has 0 radical (unpaired) electrons. The van der Waals surface area contributed by atoms with E-state index in [1.54, 1.807) is 6.33 Å². The van der Waals surface area contributed by atoms with Crippen molar-refractivity contribution in [1.82, 2.24) is 19.9 Å². The summed E-state index contributed by atoms with van der Waals surface area (Å²) in [5, 5.41) is 6.54. The van der Waals surface area contributed by atoms with Gasteiger partial charge in [-0.1, -0.05) is 18.2 Å². The molecule has 3 N–H and O–H groups in total. The smallest absolute Gasteiger partial charge is 0.229 e. The molecule has 3 aromatic rings. The van der Waals surface area contributed by atoms with Gasteiger partial charge in [-0.2, -0.15) is 4.98 Å². The average Bonchev–Trinajstić information content (AvgIpc) is 3.05. The number of rotatable bonds is 6. The molecule has 0 aliphatic rings. The number of hydrogen-bond donors (Lipinski definition) is 3. The summed E-state index contributed by atoms with van der Waals surface area (Å²) in [4.78, 5) is 15.9. The van der Waals surface area contributed by atoms with Gasteiger partial charge >= 0.3 is 0 Å². The third-order valence-corrected chi connectivity index (χ3v) is 3.24. The molecule has 0 fully saturated rings. The van der Waals surface area contributed by atoms with Crippen LogP contribution in [-0.4, -0.2) is 26.5 Å². The van der Waals surface area contributed by atoms with Gasteiger partial charge in [0.1, 0.15) is 5.82 Å². The molecular formula is C16H18N6. The van der Waals surface area contributed by atoms with Crippen LogP contribution in [0.3, 0.4) is 0 Å². The minimum Gasteiger partial charge on any atom is -0.369 e. The van der Waals surface area contributed by atoms with Crippen molar-refractivity contribution in [3.63, 3.8) is 0 Å². The molecule has 3 rings (SSSR count). The van der Waals surface area contributed by atoms with E-state index in [1.807, 2.05) is 49.6 Å². The normalized spacial score (nSPS) is 10.4. The molecule has 0 saturated heterocycles. The van der Waals surface area contributed by atoms with Crippen LogP contribution in [0.4, 0.5) is 17.5 Å². The highest BCUT2D eigenvalue weighted by Gasteiger charge is 2.04. The molecule has 22 heavy (non-hydrogen) atoms. The quantitative estimate of drug-likeness (QED) is 0.651. The lowest BCUT2D eigenvalue weighted by Crippen LogP contribution is -2.09. The minimum atomic E-state index is 0.584. The topological polar surface area (TPSA) is 78.5 Å². The molecule has 0 aliphatic heterocycles. The monoisotopic (exact) mass is 294 g/mol. The fraction of sp³-hybridized carbons (Fsp3) is 0.188. The van der Waals surface area contributed by atoms with Gasteiger partial charge < -0.3 is 15.6 Å². The van der Waals surface area contributed by atoms with Crippen LogP contribution in [0.2, 0.25) is 0 Å². The first-order valence-electron chi connectivity index (χ1n) is 7.18. The summed E-state index contributed by atoms with van der Waals surface area (Å²) >= 11 is 0. The van der Waals surface area contributed by atoms with E-state index in [9.17, 15) is 0 Å². The summed E-state index contributed by atoms with van der Waals surface area (Å²) in [6.45, 7) is 2.77. The Labute approximate surface area is 129 Å². The fourth-order valence-electron chi connectivity index (χ4n) is 2.07. The standard InChI is InChI=1S/C16H18N6/c1-12-9-19-16(21-13-5-3-2-4-6-13)22-15(12)18-8-7-14-10-17-11-20-14/h2-6,9-11H,7-8H2,1H3,(H,17,20)(H2,18,19,21,22). The molecule has 0 spiro atoms. The summed E-state index contributed by atoms with van der Waals surface area (Å²) < 4.78 is 0. The first kappa shape index (κ1) is 14.1. The Kier molecular flexibility index (Phi) is 4.29. The van der Waals surface area contributed by atoms with Gasteiger partial charge in [0, 0.05) is 42.3 Å². The van der Waals surface area contributed by atoms with E-state index >= 15 is 0 Å². The predicted molar refractivity (Wildman–Crippen MR) is 87.3 cm³/mol. The maximum Gasteiger partial charge on any atom is 0.229 e. The van der Waals surface area contributed by atoms with Gasteiger partial charge in [0.15, 0.2) is 0 Å². The average molecular weight is 294 g/mol. The number of benzene rings is 1. The first-order valence-corrected chi connectivity index (χ1v) is 7.18. The predicted octanol–water partition coefficient (Wildman–Crippen LogP) is 2.91. The number of nitrogens with zero attached hydrogens (tertiary/aromatic N) is 3. The van der Waals surface area contributed by atoms with Gasteiger partial charge in [0.2, 0.25) is 5.95 Å². The summed E-state index contributed by atoms with van der Waals surface area (Å²) in [7, 11) is 0. The zero-order valence-electron chi connectivity index (χ0n) is 12.4. The highest BCUT2D eigenvalue weighted by atomic mass is 15.1. The second-order valence-electron chi connectivity index (χ2n) is 4.97. The zero-order valence-corrected chi connectivity index (χ0v) is 12.4. The van der Waals surface area contributed by atoms with E-state index in [4.69, 9.17) is 0 Å². The Morgan fingerprint density at radius 2 is 2.00 bits per heavy atom. The largest absolute Gasteiger partial charge is 0.369 e. The van der Waals surface area contributed by atoms with Gasteiger partial charge in [0.05, 0.1) is 6.33 Å². The van der Waals surface area contributed by atoms with Gasteiger partial charge in [0.25, 0.3) is 0 Å². The molecule has 0 amide bonds. The van der Waals surface area contributed by atoms with Crippen LogP contribution < -0.4 is 10.6 Å². The minimum absolute atomic E-state index is 0.584.